The van der Waals surface area contributed by atoms with E-state index in [1.54, 1.807) is 36.4 Å². The van der Waals surface area contributed by atoms with Gasteiger partial charge in [0.1, 0.15) is 16.7 Å². The number of aryl methyl sites for hydroxylation is 1. The largest absolute Gasteiger partial charge is 0.496 e. The second-order valence-corrected chi connectivity index (χ2v) is 7.66. The van der Waals surface area contributed by atoms with Crippen LogP contribution in [-0.2, 0) is 9.84 Å². The second-order valence-electron chi connectivity index (χ2n) is 4.82. The van der Waals surface area contributed by atoms with E-state index in [1.807, 2.05) is 6.92 Å². The lowest BCUT2D eigenvalue weighted by molar-refractivity contribution is 0.414. The molecule has 2 aromatic carbocycles. The highest BCUT2D eigenvalue weighted by molar-refractivity contribution is 9.10. The van der Waals surface area contributed by atoms with Gasteiger partial charge in [0.2, 0.25) is 9.84 Å². The van der Waals surface area contributed by atoms with Crippen LogP contribution in [0.15, 0.2) is 56.7 Å². The van der Waals surface area contributed by atoms with Gasteiger partial charge in [-0.1, -0.05) is 33.6 Å². The molecule has 0 atom stereocenters. The summed E-state index contributed by atoms with van der Waals surface area (Å²) < 4.78 is 31.2. The third-order valence-electron chi connectivity index (χ3n) is 3.21. The second kappa shape index (κ2) is 6.99. The molecule has 0 aliphatic rings. The Morgan fingerprint density at radius 1 is 1.22 bits per heavy atom. The number of nitriles is 1. The van der Waals surface area contributed by atoms with Gasteiger partial charge < -0.3 is 4.74 Å². The van der Waals surface area contributed by atoms with Gasteiger partial charge in [-0.05, 0) is 43.3 Å². The number of hydrogen-bond donors (Lipinski definition) is 0. The van der Waals surface area contributed by atoms with Crippen molar-refractivity contribution in [3.8, 4) is 11.8 Å². The van der Waals surface area contributed by atoms with Crippen LogP contribution in [0.1, 0.15) is 11.1 Å². The Kier molecular flexibility index (Phi) is 5.24. The van der Waals surface area contributed by atoms with Gasteiger partial charge in [0.05, 0.1) is 12.0 Å². The average Bonchev–Trinajstić information content (AvgIpc) is 2.53. The molecule has 0 fully saturated rings. The smallest absolute Gasteiger partial charge is 0.216 e. The van der Waals surface area contributed by atoms with E-state index in [-0.39, 0.29) is 9.80 Å². The van der Waals surface area contributed by atoms with Gasteiger partial charge in [-0.25, -0.2) is 8.42 Å². The highest BCUT2D eigenvalue weighted by Crippen LogP contribution is 2.28. The Hall–Kier alpha value is -2.10. The number of rotatable bonds is 4. The number of halogens is 1. The van der Waals surface area contributed by atoms with Gasteiger partial charge in [0, 0.05) is 10.0 Å². The summed E-state index contributed by atoms with van der Waals surface area (Å²) in [6.45, 7) is 1.86. The number of hydrogen-bond acceptors (Lipinski definition) is 4. The van der Waals surface area contributed by atoms with Crippen LogP contribution >= 0.6 is 15.9 Å². The summed E-state index contributed by atoms with van der Waals surface area (Å²) in [4.78, 5) is -0.248. The summed E-state index contributed by atoms with van der Waals surface area (Å²) in [6.07, 6.45) is 1.32. The molecule has 6 heteroatoms. The van der Waals surface area contributed by atoms with E-state index in [2.05, 4.69) is 15.9 Å². The standard InChI is InChI=1S/C17H14BrNO3S/c1-12-3-6-15(7-4-12)23(20,21)16(11-19)10-13-9-14(18)5-8-17(13)22-2/h3-10H,1-2H3/b16-10+. The molecule has 0 saturated carbocycles. The quantitative estimate of drug-likeness (QED) is 0.735. The molecule has 0 aliphatic heterocycles. The van der Waals surface area contributed by atoms with Crippen molar-refractivity contribution in [2.75, 3.05) is 7.11 Å². The van der Waals surface area contributed by atoms with Gasteiger partial charge in [0.25, 0.3) is 0 Å². The fraction of sp³-hybridized carbons (Fsp3) is 0.118. The minimum atomic E-state index is -3.87. The number of benzene rings is 2. The molecule has 4 nitrogen and oxygen atoms in total. The van der Waals surface area contributed by atoms with Crippen molar-refractivity contribution in [2.45, 2.75) is 11.8 Å². The molecule has 0 aliphatic carbocycles. The highest BCUT2D eigenvalue weighted by Gasteiger charge is 2.21. The van der Waals surface area contributed by atoms with Crippen LogP contribution in [0.3, 0.4) is 0 Å². The normalized spacial score (nSPS) is 11.8. The Morgan fingerprint density at radius 3 is 2.43 bits per heavy atom. The molecule has 0 bridgehead atoms. The van der Waals surface area contributed by atoms with E-state index in [0.717, 1.165) is 10.0 Å². The summed E-state index contributed by atoms with van der Waals surface area (Å²) in [5.74, 6) is 0.486. The molecule has 0 heterocycles. The summed E-state index contributed by atoms with van der Waals surface area (Å²) in [5.41, 5.74) is 1.45. The zero-order chi connectivity index (χ0) is 17.0. The lowest BCUT2D eigenvalue weighted by Gasteiger charge is -2.07. The zero-order valence-corrected chi connectivity index (χ0v) is 15.0. The Morgan fingerprint density at radius 2 is 1.87 bits per heavy atom. The van der Waals surface area contributed by atoms with Gasteiger partial charge in [-0.15, -0.1) is 0 Å². The van der Waals surface area contributed by atoms with Crippen molar-refractivity contribution in [1.29, 1.82) is 5.26 Å². The van der Waals surface area contributed by atoms with Crippen molar-refractivity contribution in [3.63, 3.8) is 0 Å². The molecule has 2 aromatic rings. The maximum absolute atomic E-state index is 12.6. The molecule has 0 spiro atoms. The Bertz CT molecular complexity index is 894. The summed E-state index contributed by atoms with van der Waals surface area (Å²) in [5, 5.41) is 9.32. The minimum absolute atomic E-state index is 0.0878. The van der Waals surface area contributed by atoms with Crippen molar-refractivity contribution < 1.29 is 13.2 Å². The summed E-state index contributed by atoms with van der Waals surface area (Å²) >= 11 is 3.32. The Labute approximate surface area is 144 Å². The van der Waals surface area contributed by atoms with E-state index >= 15 is 0 Å². The van der Waals surface area contributed by atoms with Crippen molar-refractivity contribution in [1.82, 2.24) is 0 Å². The molecule has 2 rings (SSSR count). The van der Waals surface area contributed by atoms with Crippen LogP contribution in [0.25, 0.3) is 6.08 Å². The Balaban J connectivity index is 2.57. The van der Waals surface area contributed by atoms with Gasteiger partial charge >= 0.3 is 0 Å². The summed E-state index contributed by atoms with van der Waals surface area (Å²) in [6, 6.07) is 13.3. The third-order valence-corrected chi connectivity index (χ3v) is 5.38. The maximum Gasteiger partial charge on any atom is 0.216 e. The highest BCUT2D eigenvalue weighted by atomic mass is 79.9. The van der Waals surface area contributed by atoms with Crippen LogP contribution in [0.5, 0.6) is 5.75 Å². The number of allylic oxidation sites excluding steroid dienone is 1. The van der Waals surface area contributed by atoms with Gasteiger partial charge in [-0.3, -0.25) is 0 Å². The molecular weight excluding hydrogens is 378 g/mol. The number of methoxy groups -OCH3 is 1. The van der Waals surface area contributed by atoms with E-state index < -0.39 is 9.84 Å². The summed E-state index contributed by atoms with van der Waals surface area (Å²) in [7, 11) is -2.39. The first-order chi connectivity index (χ1) is 10.9. The van der Waals surface area contributed by atoms with Crippen molar-refractivity contribution >= 4 is 31.8 Å². The van der Waals surface area contributed by atoms with Crippen LogP contribution in [0.4, 0.5) is 0 Å². The monoisotopic (exact) mass is 391 g/mol. The minimum Gasteiger partial charge on any atom is -0.496 e. The molecule has 0 radical (unpaired) electrons. The maximum atomic E-state index is 12.6. The molecule has 118 valence electrons. The van der Waals surface area contributed by atoms with E-state index in [9.17, 15) is 13.7 Å². The predicted octanol–water partition coefficient (Wildman–Crippen LogP) is 4.10. The fourth-order valence-corrected chi connectivity index (χ4v) is 3.50. The van der Waals surface area contributed by atoms with Crippen LogP contribution < -0.4 is 4.74 Å². The van der Waals surface area contributed by atoms with Crippen LogP contribution in [0, 0.1) is 18.3 Å². The number of ether oxygens (including phenoxy) is 1. The lowest BCUT2D eigenvalue weighted by atomic mass is 10.2. The molecule has 0 unspecified atom stereocenters. The van der Waals surface area contributed by atoms with Crippen LogP contribution in [0.2, 0.25) is 0 Å². The van der Waals surface area contributed by atoms with Crippen molar-refractivity contribution in [2.24, 2.45) is 0 Å². The number of nitrogens with zero attached hydrogens (tertiary/aromatic N) is 1. The molecular formula is C17H14BrNO3S. The van der Waals surface area contributed by atoms with E-state index in [1.165, 1.54) is 25.3 Å². The SMILES string of the molecule is COc1ccc(Br)cc1/C=C(\C#N)S(=O)(=O)c1ccc(C)cc1. The predicted molar refractivity (Wildman–Crippen MR) is 92.6 cm³/mol. The fourth-order valence-electron chi connectivity index (χ4n) is 1.97. The molecule has 0 aromatic heterocycles. The first kappa shape index (κ1) is 17.3. The first-order valence-corrected chi connectivity index (χ1v) is 8.93. The zero-order valence-electron chi connectivity index (χ0n) is 12.6. The van der Waals surface area contributed by atoms with Crippen LogP contribution in [-0.4, -0.2) is 15.5 Å². The van der Waals surface area contributed by atoms with Crippen molar-refractivity contribution in [3.05, 3.63) is 63.0 Å². The van der Waals surface area contributed by atoms with E-state index in [4.69, 9.17) is 4.74 Å². The molecule has 0 N–H and O–H groups in total. The van der Waals surface area contributed by atoms with Gasteiger partial charge in [-0.2, -0.15) is 5.26 Å². The number of sulfone groups is 1. The lowest BCUT2D eigenvalue weighted by Crippen LogP contribution is -2.03. The molecule has 23 heavy (non-hydrogen) atoms. The first-order valence-electron chi connectivity index (χ1n) is 6.65. The topological polar surface area (TPSA) is 67.2 Å². The average molecular weight is 392 g/mol. The third kappa shape index (κ3) is 3.81. The van der Waals surface area contributed by atoms with Gasteiger partial charge in [0.15, 0.2) is 0 Å². The molecule has 0 saturated heterocycles. The molecule has 0 amide bonds. The van der Waals surface area contributed by atoms with E-state index in [0.29, 0.717) is 11.3 Å².